The normalized spacial score (nSPS) is 12.5. The molecule has 0 saturated heterocycles. The second kappa shape index (κ2) is 8.97. The van der Waals surface area contributed by atoms with E-state index < -0.39 is 0 Å². The molecule has 0 saturated carbocycles. The summed E-state index contributed by atoms with van der Waals surface area (Å²) in [5.41, 5.74) is 3.70. The predicted octanol–water partition coefficient (Wildman–Crippen LogP) is 5.76. The summed E-state index contributed by atoms with van der Waals surface area (Å²) in [6, 6.07) is 19.1. The van der Waals surface area contributed by atoms with Crippen molar-refractivity contribution in [2.75, 3.05) is 19.6 Å². The minimum Gasteiger partial charge on any atom is -0.302 e. The van der Waals surface area contributed by atoms with E-state index in [2.05, 4.69) is 67.3 Å². The molecule has 1 atom stereocenters. The first-order valence-electron chi connectivity index (χ1n) is 8.26. The van der Waals surface area contributed by atoms with Crippen molar-refractivity contribution in [3.8, 4) is 11.1 Å². The largest absolute Gasteiger partial charge is 0.302 e. The lowest BCUT2D eigenvalue weighted by atomic mass is 10.0. The molecule has 2 rings (SSSR count). The first-order chi connectivity index (χ1) is 10.7. The molecule has 0 fully saturated rings. The van der Waals surface area contributed by atoms with Crippen molar-refractivity contribution < 1.29 is 0 Å². The van der Waals surface area contributed by atoms with Crippen LogP contribution in [0.15, 0.2) is 54.6 Å². The molecule has 0 aliphatic heterocycles. The molecule has 22 heavy (non-hydrogen) atoms. The van der Waals surface area contributed by atoms with Gasteiger partial charge in [0, 0.05) is 6.54 Å². The molecule has 1 unspecified atom stereocenters. The van der Waals surface area contributed by atoms with Crippen LogP contribution in [0.2, 0.25) is 0 Å². The zero-order valence-electron chi connectivity index (χ0n) is 13.6. The highest BCUT2D eigenvalue weighted by atomic mass is 35.5. The number of benzene rings is 2. The Morgan fingerprint density at radius 2 is 1.36 bits per heavy atom. The van der Waals surface area contributed by atoms with Gasteiger partial charge in [-0.3, -0.25) is 0 Å². The van der Waals surface area contributed by atoms with E-state index in [9.17, 15) is 0 Å². The van der Waals surface area contributed by atoms with Crippen molar-refractivity contribution in [1.82, 2.24) is 4.90 Å². The highest BCUT2D eigenvalue weighted by Crippen LogP contribution is 2.25. The highest BCUT2D eigenvalue weighted by molar-refractivity contribution is 6.21. The quantitative estimate of drug-likeness (QED) is 0.560. The number of alkyl halides is 1. The van der Waals surface area contributed by atoms with Gasteiger partial charge in [0.15, 0.2) is 0 Å². The van der Waals surface area contributed by atoms with E-state index in [0.717, 1.165) is 19.6 Å². The van der Waals surface area contributed by atoms with Gasteiger partial charge in [-0.1, -0.05) is 68.4 Å². The lowest BCUT2D eigenvalue weighted by molar-refractivity contribution is 0.275. The van der Waals surface area contributed by atoms with Gasteiger partial charge in [0.25, 0.3) is 0 Å². The highest BCUT2D eigenvalue weighted by Gasteiger charge is 2.13. The van der Waals surface area contributed by atoms with E-state index in [4.69, 9.17) is 11.6 Å². The summed E-state index contributed by atoms with van der Waals surface area (Å²) in [5.74, 6) is 0. The van der Waals surface area contributed by atoms with Gasteiger partial charge in [0.05, 0.1) is 5.38 Å². The van der Waals surface area contributed by atoms with Crippen LogP contribution in [0.5, 0.6) is 0 Å². The Kier molecular flexibility index (Phi) is 6.95. The smallest absolute Gasteiger partial charge is 0.0712 e. The van der Waals surface area contributed by atoms with Crippen LogP contribution in [-0.4, -0.2) is 24.5 Å². The molecule has 0 aliphatic rings. The van der Waals surface area contributed by atoms with Crippen LogP contribution >= 0.6 is 11.6 Å². The third kappa shape index (κ3) is 4.86. The van der Waals surface area contributed by atoms with Crippen LogP contribution < -0.4 is 0 Å². The summed E-state index contributed by atoms with van der Waals surface area (Å²) in [5, 5.41) is 0.0583. The first-order valence-corrected chi connectivity index (χ1v) is 8.70. The fraction of sp³-hybridized carbons (Fsp3) is 0.400. The van der Waals surface area contributed by atoms with Crippen molar-refractivity contribution in [3.05, 3.63) is 60.2 Å². The summed E-state index contributed by atoms with van der Waals surface area (Å²) in [4.78, 5) is 2.46. The van der Waals surface area contributed by atoms with E-state index in [-0.39, 0.29) is 5.38 Å². The van der Waals surface area contributed by atoms with E-state index in [1.54, 1.807) is 0 Å². The molecule has 2 heteroatoms. The minimum atomic E-state index is 0.0583. The van der Waals surface area contributed by atoms with Gasteiger partial charge in [-0.05, 0) is 42.6 Å². The lowest BCUT2D eigenvalue weighted by Gasteiger charge is -2.24. The van der Waals surface area contributed by atoms with Gasteiger partial charge in [-0.25, -0.2) is 0 Å². The van der Waals surface area contributed by atoms with Gasteiger partial charge >= 0.3 is 0 Å². The minimum absolute atomic E-state index is 0.0583. The Bertz CT molecular complexity index is 529. The topological polar surface area (TPSA) is 3.24 Å². The molecule has 118 valence electrons. The standard InChI is InChI=1S/C20H26ClN/c1-3-14-22(15-4-2)16-20(21)19-12-10-18(11-13-19)17-8-6-5-7-9-17/h5-13,20H,3-4,14-16H2,1-2H3. The van der Waals surface area contributed by atoms with Crippen LogP contribution in [0.3, 0.4) is 0 Å². The fourth-order valence-electron chi connectivity index (χ4n) is 2.77. The molecule has 0 aromatic heterocycles. The van der Waals surface area contributed by atoms with Crippen molar-refractivity contribution in [1.29, 1.82) is 0 Å². The maximum atomic E-state index is 6.63. The third-order valence-corrected chi connectivity index (χ3v) is 4.27. The van der Waals surface area contributed by atoms with Crippen LogP contribution in [0, 0.1) is 0 Å². The van der Waals surface area contributed by atoms with E-state index >= 15 is 0 Å². The number of hydrogen-bond acceptors (Lipinski definition) is 1. The summed E-state index contributed by atoms with van der Waals surface area (Å²) >= 11 is 6.63. The summed E-state index contributed by atoms with van der Waals surface area (Å²) < 4.78 is 0. The molecule has 0 heterocycles. The zero-order valence-corrected chi connectivity index (χ0v) is 14.4. The molecule has 1 nitrogen and oxygen atoms in total. The molecule has 2 aromatic rings. The first kappa shape index (κ1) is 17.1. The van der Waals surface area contributed by atoms with Gasteiger partial charge in [-0.15, -0.1) is 11.6 Å². The maximum absolute atomic E-state index is 6.63. The van der Waals surface area contributed by atoms with Crippen LogP contribution in [0.4, 0.5) is 0 Å². The fourth-order valence-corrected chi connectivity index (χ4v) is 3.11. The van der Waals surface area contributed by atoms with Crippen molar-refractivity contribution in [3.63, 3.8) is 0 Å². The molecule has 0 N–H and O–H groups in total. The second-order valence-electron chi connectivity index (χ2n) is 5.76. The third-order valence-electron chi connectivity index (χ3n) is 3.88. The number of halogens is 1. The Morgan fingerprint density at radius 3 is 1.91 bits per heavy atom. The number of rotatable bonds is 8. The second-order valence-corrected chi connectivity index (χ2v) is 6.28. The lowest BCUT2D eigenvalue weighted by Crippen LogP contribution is -2.28. The SMILES string of the molecule is CCCN(CCC)CC(Cl)c1ccc(-c2ccccc2)cc1. The maximum Gasteiger partial charge on any atom is 0.0712 e. The van der Waals surface area contributed by atoms with Crippen molar-refractivity contribution >= 4 is 11.6 Å². The van der Waals surface area contributed by atoms with Crippen LogP contribution in [-0.2, 0) is 0 Å². The van der Waals surface area contributed by atoms with Gasteiger partial charge < -0.3 is 4.90 Å². The average Bonchev–Trinajstić information content (AvgIpc) is 2.56. The number of nitrogens with zero attached hydrogens (tertiary/aromatic N) is 1. The van der Waals surface area contributed by atoms with Crippen LogP contribution in [0.1, 0.15) is 37.6 Å². The molecule has 0 bridgehead atoms. The molecular formula is C20H26ClN. The summed E-state index contributed by atoms with van der Waals surface area (Å²) in [6.45, 7) is 7.62. The number of hydrogen-bond donors (Lipinski definition) is 0. The Hall–Kier alpha value is -1.31. The van der Waals surface area contributed by atoms with E-state index in [0.29, 0.717) is 0 Å². The van der Waals surface area contributed by atoms with E-state index in [1.165, 1.54) is 29.5 Å². The monoisotopic (exact) mass is 315 g/mol. The predicted molar refractivity (Wildman–Crippen MR) is 97.5 cm³/mol. The molecule has 0 radical (unpaired) electrons. The van der Waals surface area contributed by atoms with Crippen molar-refractivity contribution in [2.45, 2.75) is 32.1 Å². The molecule has 0 aliphatic carbocycles. The molecule has 2 aromatic carbocycles. The molecule has 0 amide bonds. The Labute approximate surface area is 139 Å². The Morgan fingerprint density at radius 1 is 0.818 bits per heavy atom. The van der Waals surface area contributed by atoms with Crippen LogP contribution in [0.25, 0.3) is 11.1 Å². The Balaban J connectivity index is 2.03. The zero-order chi connectivity index (χ0) is 15.8. The van der Waals surface area contributed by atoms with Gasteiger partial charge in [0.1, 0.15) is 0 Å². The average molecular weight is 316 g/mol. The molecule has 0 spiro atoms. The van der Waals surface area contributed by atoms with E-state index in [1.807, 2.05) is 6.07 Å². The van der Waals surface area contributed by atoms with Gasteiger partial charge in [-0.2, -0.15) is 0 Å². The summed E-state index contributed by atoms with van der Waals surface area (Å²) in [6.07, 6.45) is 2.35. The van der Waals surface area contributed by atoms with Crippen molar-refractivity contribution in [2.24, 2.45) is 0 Å². The summed E-state index contributed by atoms with van der Waals surface area (Å²) in [7, 11) is 0. The molecular weight excluding hydrogens is 290 g/mol. The van der Waals surface area contributed by atoms with Gasteiger partial charge in [0.2, 0.25) is 0 Å².